The standard InChI is InChI=1S/C19H21N3O2/c23-10-11-24-19-9-5-4-8-16(19)13-20-14-17-12-18(22-21-17)15-6-2-1-3-7-15/h1-9,12,20,23H,10-11,13-14H2,(H,21,22). The maximum absolute atomic E-state index is 8.89. The fraction of sp³-hybridized carbons (Fsp3) is 0.211. The second-order valence-corrected chi connectivity index (χ2v) is 5.43. The van der Waals surface area contributed by atoms with Crippen molar-refractivity contribution in [2.75, 3.05) is 13.2 Å². The molecule has 3 aromatic rings. The molecule has 24 heavy (non-hydrogen) atoms. The zero-order valence-electron chi connectivity index (χ0n) is 13.4. The van der Waals surface area contributed by atoms with Crippen LogP contribution in [0.15, 0.2) is 60.7 Å². The Morgan fingerprint density at radius 3 is 2.62 bits per heavy atom. The quantitative estimate of drug-likeness (QED) is 0.596. The summed E-state index contributed by atoms with van der Waals surface area (Å²) >= 11 is 0. The lowest BCUT2D eigenvalue weighted by atomic mass is 10.1. The number of H-pyrrole nitrogens is 1. The van der Waals surface area contributed by atoms with Gasteiger partial charge in [-0.2, -0.15) is 5.10 Å². The van der Waals surface area contributed by atoms with Crippen LogP contribution >= 0.6 is 0 Å². The van der Waals surface area contributed by atoms with Crippen molar-refractivity contribution in [3.8, 4) is 17.0 Å². The van der Waals surface area contributed by atoms with Crippen LogP contribution in [-0.4, -0.2) is 28.5 Å². The summed E-state index contributed by atoms with van der Waals surface area (Å²) in [4.78, 5) is 0. The molecule has 5 nitrogen and oxygen atoms in total. The molecule has 5 heteroatoms. The number of rotatable bonds is 8. The van der Waals surface area contributed by atoms with Gasteiger partial charge in [0.05, 0.1) is 12.3 Å². The van der Waals surface area contributed by atoms with Crippen LogP contribution in [0.1, 0.15) is 11.3 Å². The van der Waals surface area contributed by atoms with Gasteiger partial charge in [-0.1, -0.05) is 48.5 Å². The molecule has 0 atom stereocenters. The summed E-state index contributed by atoms with van der Waals surface area (Å²) in [6, 6.07) is 20.0. The normalized spacial score (nSPS) is 10.7. The number of hydrogen-bond acceptors (Lipinski definition) is 4. The third kappa shape index (κ3) is 4.22. The summed E-state index contributed by atoms with van der Waals surface area (Å²) in [6.45, 7) is 1.69. The lowest BCUT2D eigenvalue weighted by Crippen LogP contribution is -2.14. The molecule has 0 spiro atoms. The number of nitrogens with zero attached hydrogens (tertiary/aromatic N) is 1. The molecule has 3 N–H and O–H groups in total. The van der Waals surface area contributed by atoms with Crippen molar-refractivity contribution in [2.45, 2.75) is 13.1 Å². The van der Waals surface area contributed by atoms with Gasteiger partial charge in [0.25, 0.3) is 0 Å². The van der Waals surface area contributed by atoms with Gasteiger partial charge in [-0.3, -0.25) is 5.10 Å². The summed E-state index contributed by atoms with van der Waals surface area (Å²) in [5.74, 6) is 0.800. The summed E-state index contributed by atoms with van der Waals surface area (Å²) in [7, 11) is 0. The van der Waals surface area contributed by atoms with Crippen LogP contribution in [0, 0.1) is 0 Å². The largest absolute Gasteiger partial charge is 0.491 e. The van der Waals surface area contributed by atoms with E-state index in [2.05, 4.69) is 21.6 Å². The van der Waals surface area contributed by atoms with Crippen LogP contribution in [0.4, 0.5) is 0 Å². The third-order valence-corrected chi connectivity index (χ3v) is 3.65. The molecule has 0 fully saturated rings. The van der Waals surface area contributed by atoms with E-state index in [0.717, 1.165) is 28.3 Å². The van der Waals surface area contributed by atoms with Crippen molar-refractivity contribution in [3.05, 3.63) is 71.9 Å². The number of hydrogen-bond donors (Lipinski definition) is 3. The van der Waals surface area contributed by atoms with E-state index < -0.39 is 0 Å². The van der Waals surface area contributed by atoms with Crippen molar-refractivity contribution >= 4 is 0 Å². The van der Waals surface area contributed by atoms with E-state index in [4.69, 9.17) is 9.84 Å². The molecule has 3 rings (SSSR count). The van der Waals surface area contributed by atoms with Gasteiger partial charge in [0, 0.05) is 29.9 Å². The summed E-state index contributed by atoms with van der Waals surface area (Å²) < 4.78 is 5.54. The summed E-state index contributed by atoms with van der Waals surface area (Å²) in [5, 5.41) is 19.7. The van der Waals surface area contributed by atoms with Gasteiger partial charge in [0.15, 0.2) is 0 Å². The predicted octanol–water partition coefficient (Wildman–Crippen LogP) is 2.74. The molecule has 0 aliphatic rings. The van der Waals surface area contributed by atoms with Gasteiger partial charge in [-0.25, -0.2) is 0 Å². The number of aliphatic hydroxyl groups is 1. The van der Waals surface area contributed by atoms with E-state index in [0.29, 0.717) is 19.7 Å². The van der Waals surface area contributed by atoms with Gasteiger partial charge in [0.2, 0.25) is 0 Å². The van der Waals surface area contributed by atoms with Crippen molar-refractivity contribution in [1.29, 1.82) is 0 Å². The molecular formula is C19H21N3O2. The number of aromatic amines is 1. The van der Waals surface area contributed by atoms with Gasteiger partial charge >= 0.3 is 0 Å². The average molecular weight is 323 g/mol. The molecule has 0 amide bonds. The minimum absolute atomic E-state index is 0.0121. The Bertz CT molecular complexity index is 756. The number of benzene rings is 2. The second-order valence-electron chi connectivity index (χ2n) is 5.43. The number of para-hydroxylation sites is 1. The van der Waals surface area contributed by atoms with E-state index in [1.165, 1.54) is 0 Å². The molecule has 0 radical (unpaired) electrons. The first-order valence-corrected chi connectivity index (χ1v) is 7.99. The van der Waals surface area contributed by atoms with Gasteiger partial charge < -0.3 is 15.2 Å². The fourth-order valence-electron chi connectivity index (χ4n) is 2.49. The number of aromatic nitrogens is 2. The molecule has 1 aromatic heterocycles. The van der Waals surface area contributed by atoms with Crippen molar-refractivity contribution in [1.82, 2.24) is 15.5 Å². The highest BCUT2D eigenvalue weighted by molar-refractivity contribution is 5.58. The molecule has 0 saturated heterocycles. The van der Waals surface area contributed by atoms with E-state index in [-0.39, 0.29) is 6.61 Å². The maximum Gasteiger partial charge on any atom is 0.123 e. The average Bonchev–Trinajstić information content (AvgIpc) is 3.10. The van der Waals surface area contributed by atoms with Gasteiger partial charge in [-0.15, -0.1) is 0 Å². The minimum Gasteiger partial charge on any atom is -0.491 e. The highest BCUT2D eigenvalue weighted by Crippen LogP contribution is 2.19. The first-order chi connectivity index (χ1) is 11.9. The minimum atomic E-state index is 0.0121. The highest BCUT2D eigenvalue weighted by atomic mass is 16.5. The molecule has 124 valence electrons. The zero-order chi connectivity index (χ0) is 16.6. The molecular weight excluding hydrogens is 302 g/mol. The third-order valence-electron chi connectivity index (χ3n) is 3.65. The SMILES string of the molecule is OCCOc1ccccc1CNCc1cc(-c2ccccc2)n[nH]1. The monoisotopic (exact) mass is 323 g/mol. The molecule has 0 bridgehead atoms. The molecule has 0 aliphatic carbocycles. The van der Waals surface area contributed by atoms with Crippen LogP contribution in [0.25, 0.3) is 11.3 Å². The van der Waals surface area contributed by atoms with E-state index in [1.807, 2.05) is 54.6 Å². The number of nitrogens with one attached hydrogen (secondary N) is 2. The van der Waals surface area contributed by atoms with Gasteiger partial charge in [-0.05, 0) is 12.1 Å². The molecule has 2 aromatic carbocycles. The van der Waals surface area contributed by atoms with Crippen LogP contribution in [0.5, 0.6) is 5.75 Å². The fourth-order valence-corrected chi connectivity index (χ4v) is 2.49. The van der Waals surface area contributed by atoms with Crippen LogP contribution in [0.3, 0.4) is 0 Å². The Balaban J connectivity index is 1.57. The molecule has 0 saturated carbocycles. The Hall–Kier alpha value is -2.63. The highest BCUT2D eigenvalue weighted by Gasteiger charge is 2.05. The first kappa shape index (κ1) is 16.2. The van der Waals surface area contributed by atoms with E-state index in [1.54, 1.807) is 0 Å². The van der Waals surface area contributed by atoms with Crippen molar-refractivity contribution < 1.29 is 9.84 Å². The Morgan fingerprint density at radius 2 is 1.79 bits per heavy atom. The summed E-state index contributed by atoms with van der Waals surface area (Å²) in [5.41, 5.74) is 4.14. The van der Waals surface area contributed by atoms with Crippen LogP contribution in [-0.2, 0) is 13.1 Å². The van der Waals surface area contributed by atoms with E-state index >= 15 is 0 Å². The number of ether oxygens (including phenoxy) is 1. The predicted molar refractivity (Wildman–Crippen MR) is 93.6 cm³/mol. The maximum atomic E-state index is 8.89. The molecule has 0 unspecified atom stereocenters. The molecule has 1 heterocycles. The molecule has 0 aliphatic heterocycles. The van der Waals surface area contributed by atoms with Crippen molar-refractivity contribution in [2.24, 2.45) is 0 Å². The second kappa shape index (κ2) is 8.29. The number of aliphatic hydroxyl groups excluding tert-OH is 1. The first-order valence-electron chi connectivity index (χ1n) is 7.99. The Morgan fingerprint density at radius 1 is 1.00 bits per heavy atom. The Kier molecular flexibility index (Phi) is 5.61. The van der Waals surface area contributed by atoms with Gasteiger partial charge in [0.1, 0.15) is 12.4 Å². The van der Waals surface area contributed by atoms with Crippen molar-refractivity contribution in [3.63, 3.8) is 0 Å². The van der Waals surface area contributed by atoms with E-state index in [9.17, 15) is 0 Å². The topological polar surface area (TPSA) is 70.2 Å². The lowest BCUT2D eigenvalue weighted by Gasteiger charge is -2.11. The van der Waals surface area contributed by atoms with Crippen LogP contribution in [0.2, 0.25) is 0 Å². The zero-order valence-corrected chi connectivity index (χ0v) is 13.4. The lowest BCUT2D eigenvalue weighted by molar-refractivity contribution is 0.200. The smallest absolute Gasteiger partial charge is 0.123 e. The summed E-state index contributed by atoms with van der Waals surface area (Å²) in [6.07, 6.45) is 0. The Labute approximate surface area is 141 Å². The van der Waals surface area contributed by atoms with Crippen LogP contribution < -0.4 is 10.1 Å².